The zero-order valence-corrected chi connectivity index (χ0v) is 9.75. The number of carbonyl (C=O) groups is 1. The van der Waals surface area contributed by atoms with Gasteiger partial charge in [0, 0.05) is 0 Å². The molecule has 2 rings (SSSR count). The maximum absolute atomic E-state index is 11.1. The summed E-state index contributed by atoms with van der Waals surface area (Å²) < 4.78 is 0. The lowest BCUT2D eigenvalue weighted by atomic mass is 9.65. The second-order valence-corrected chi connectivity index (χ2v) is 5.71. The van der Waals surface area contributed by atoms with Gasteiger partial charge in [-0.1, -0.05) is 44.1 Å². The molecule has 0 aromatic carbocycles. The van der Waals surface area contributed by atoms with Gasteiger partial charge in [0.25, 0.3) is 0 Å². The molecular formula is C14H20O. The smallest absolute Gasteiger partial charge is 0.131 e. The summed E-state index contributed by atoms with van der Waals surface area (Å²) in [6.07, 6.45) is 8.22. The number of allylic oxidation sites excluding steroid dienone is 3. The molecule has 1 atom stereocenters. The lowest BCUT2D eigenvalue weighted by Crippen LogP contribution is -2.29. The summed E-state index contributed by atoms with van der Waals surface area (Å²) in [5.41, 5.74) is 2.67. The largest absolute Gasteiger partial charge is 0.302 e. The van der Waals surface area contributed by atoms with Crippen LogP contribution in [0.15, 0.2) is 23.8 Å². The van der Waals surface area contributed by atoms with Crippen molar-refractivity contribution >= 4 is 6.29 Å². The van der Waals surface area contributed by atoms with Gasteiger partial charge in [0.05, 0.1) is 5.92 Å². The summed E-state index contributed by atoms with van der Waals surface area (Å²) in [7, 11) is 0. The first-order valence-corrected chi connectivity index (χ1v) is 5.89. The molecule has 0 aliphatic heterocycles. The van der Waals surface area contributed by atoms with E-state index in [0.717, 1.165) is 18.3 Å². The Labute approximate surface area is 92.3 Å². The Morgan fingerprint density at radius 2 is 2.13 bits per heavy atom. The van der Waals surface area contributed by atoms with Gasteiger partial charge < -0.3 is 4.79 Å². The fraction of sp³-hybridized carbons (Fsp3) is 0.643. The average molecular weight is 204 g/mol. The van der Waals surface area contributed by atoms with Crippen molar-refractivity contribution in [2.75, 3.05) is 0 Å². The fourth-order valence-corrected chi connectivity index (χ4v) is 2.81. The van der Waals surface area contributed by atoms with Crippen molar-refractivity contribution in [3.63, 3.8) is 0 Å². The molecule has 0 heterocycles. The minimum atomic E-state index is 0.0170. The van der Waals surface area contributed by atoms with Crippen molar-refractivity contribution < 1.29 is 4.79 Å². The van der Waals surface area contributed by atoms with Crippen LogP contribution in [-0.2, 0) is 4.79 Å². The summed E-state index contributed by atoms with van der Waals surface area (Å²) >= 11 is 0. The van der Waals surface area contributed by atoms with E-state index in [2.05, 4.69) is 26.5 Å². The second-order valence-electron chi connectivity index (χ2n) is 5.71. The Kier molecular flexibility index (Phi) is 2.57. The molecule has 0 aromatic rings. The van der Waals surface area contributed by atoms with Gasteiger partial charge in [-0.15, -0.1) is 0 Å². The lowest BCUT2D eigenvalue weighted by Gasteiger charge is -2.39. The summed E-state index contributed by atoms with van der Waals surface area (Å²) in [6.45, 7) is 8.55. The van der Waals surface area contributed by atoms with E-state index in [1.54, 1.807) is 0 Å². The van der Waals surface area contributed by atoms with E-state index >= 15 is 0 Å². The van der Waals surface area contributed by atoms with Gasteiger partial charge in [0.1, 0.15) is 6.29 Å². The normalized spacial score (nSPS) is 30.7. The molecule has 0 N–H and O–H groups in total. The summed E-state index contributed by atoms with van der Waals surface area (Å²) in [5.74, 6) is 0.680. The summed E-state index contributed by atoms with van der Waals surface area (Å²) in [5, 5.41) is 0. The van der Waals surface area contributed by atoms with E-state index in [1.807, 2.05) is 0 Å². The van der Waals surface area contributed by atoms with Gasteiger partial charge in [-0.05, 0) is 30.6 Å². The van der Waals surface area contributed by atoms with Gasteiger partial charge in [-0.2, -0.15) is 0 Å². The van der Waals surface area contributed by atoms with Crippen LogP contribution in [0.1, 0.15) is 39.5 Å². The number of aldehydes is 1. The maximum atomic E-state index is 11.1. The van der Waals surface area contributed by atoms with Crippen molar-refractivity contribution in [2.45, 2.75) is 39.5 Å². The molecule has 1 saturated carbocycles. The van der Waals surface area contributed by atoms with Crippen LogP contribution in [0.3, 0.4) is 0 Å². The van der Waals surface area contributed by atoms with Crippen molar-refractivity contribution in [1.29, 1.82) is 0 Å². The van der Waals surface area contributed by atoms with E-state index < -0.39 is 0 Å². The quantitative estimate of drug-likeness (QED) is 0.497. The first kappa shape index (κ1) is 10.7. The predicted octanol–water partition coefficient (Wildman–Crippen LogP) is 3.51. The molecule has 1 heteroatoms. The predicted molar refractivity (Wildman–Crippen MR) is 62.5 cm³/mol. The van der Waals surface area contributed by atoms with Gasteiger partial charge in [-0.25, -0.2) is 0 Å². The third-order valence-electron chi connectivity index (χ3n) is 3.75. The molecule has 0 aromatic heterocycles. The first-order chi connectivity index (χ1) is 7.03. The van der Waals surface area contributed by atoms with Crippen molar-refractivity contribution in [1.82, 2.24) is 0 Å². The highest BCUT2D eigenvalue weighted by atomic mass is 16.1. The standard InChI is InChI=1S/C14H20O/c1-10-7-14(2,3)8-12(13(10)9-15)11-5-4-6-11/h8-9,11,13H,1,4-7H2,2-3H3. The highest BCUT2D eigenvalue weighted by Crippen LogP contribution is 2.46. The highest BCUT2D eigenvalue weighted by molar-refractivity contribution is 5.65. The molecule has 0 radical (unpaired) electrons. The lowest BCUT2D eigenvalue weighted by molar-refractivity contribution is -0.109. The monoisotopic (exact) mass is 204 g/mol. The van der Waals surface area contributed by atoms with Gasteiger partial charge in [0.2, 0.25) is 0 Å². The van der Waals surface area contributed by atoms with E-state index in [4.69, 9.17) is 0 Å². The molecule has 82 valence electrons. The third-order valence-corrected chi connectivity index (χ3v) is 3.75. The summed E-state index contributed by atoms with van der Waals surface area (Å²) in [4.78, 5) is 11.1. The molecule has 0 saturated heterocycles. The molecule has 1 fully saturated rings. The molecule has 2 aliphatic rings. The van der Waals surface area contributed by atoms with Crippen LogP contribution in [0.2, 0.25) is 0 Å². The van der Waals surface area contributed by atoms with Gasteiger partial charge in [-0.3, -0.25) is 0 Å². The number of carbonyl (C=O) groups excluding carboxylic acids is 1. The van der Waals surface area contributed by atoms with E-state index in [-0.39, 0.29) is 11.3 Å². The van der Waals surface area contributed by atoms with Crippen LogP contribution in [-0.4, -0.2) is 6.29 Å². The number of hydrogen-bond donors (Lipinski definition) is 0. The molecule has 0 bridgehead atoms. The molecule has 15 heavy (non-hydrogen) atoms. The highest BCUT2D eigenvalue weighted by Gasteiger charge is 2.35. The van der Waals surface area contributed by atoms with Gasteiger partial charge >= 0.3 is 0 Å². The van der Waals surface area contributed by atoms with Gasteiger partial charge in [0.15, 0.2) is 0 Å². The minimum absolute atomic E-state index is 0.0170. The molecule has 1 unspecified atom stereocenters. The zero-order chi connectivity index (χ0) is 11.1. The Bertz CT molecular complexity index is 318. The number of hydrogen-bond acceptors (Lipinski definition) is 1. The van der Waals surface area contributed by atoms with E-state index in [1.165, 1.54) is 24.8 Å². The third kappa shape index (κ3) is 1.92. The van der Waals surface area contributed by atoms with Crippen molar-refractivity contribution in [3.8, 4) is 0 Å². The molecule has 0 amide bonds. The second kappa shape index (κ2) is 3.62. The van der Waals surface area contributed by atoms with Crippen LogP contribution in [0.4, 0.5) is 0 Å². The first-order valence-electron chi connectivity index (χ1n) is 5.89. The Morgan fingerprint density at radius 1 is 1.47 bits per heavy atom. The maximum Gasteiger partial charge on any atom is 0.131 e. The number of rotatable bonds is 2. The fourth-order valence-electron chi connectivity index (χ4n) is 2.81. The Balaban J connectivity index is 2.31. The van der Waals surface area contributed by atoms with Crippen molar-refractivity contribution in [3.05, 3.63) is 23.8 Å². The Hall–Kier alpha value is -0.850. The van der Waals surface area contributed by atoms with E-state index in [0.29, 0.717) is 5.92 Å². The van der Waals surface area contributed by atoms with Crippen LogP contribution in [0, 0.1) is 17.3 Å². The topological polar surface area (TPSA) is 17.1 Å². The van der Waals surface area contributed by atoms with Crippen LogP contribution >= 0.6 is 0 Å². The SMILES string of the molecule is C=C1CC(C)(C)C=C(C2CCC2)C1C=O. The molecule has 2 aliphatic carbocycles. The Morgan fingerprint density at radius 3 is 2.60 bits per heavy atom. The summed E-state index contributed by atoms with van der Waals surface area (Å²) in [6, 6.07) is 0. The molecular weight excluding hydrogens is 184 g/mol. The van der Waals surface area contributed by atoms with Crippen molar-refractivity contribution in [2.24, 2.45) is 17.3 Å². The van der Waals surface area contributed by atoms with Crippen LogP contribution in [0.25, 0.3) is 0 Å². The van der Waals surface area contributed by atoms with Crippen LogP contribution in [0.5, 0.6) is 0 Å². The minimum Gasteiger partial charge on any atom is -0.302 e. The molecule has 1 nitrogen and oxygen atoms in total. The average Bonchev–Trinajstić information content (AvgIpc) is 1.97. The van der Waals surface area contributed by atoms with E-state index in [9.17, 15) is 4.79 Å². The zero-order valence-electron chi connectivity index (χ0n) is 9.75. The van der Waals surface area contributed by atoms with Crippen LogP contribution < -0.4 is 0 Å². The molecule has 0 spiro atoms.